The summed E-state index contributed by atoms with van der Waals surface area (Å²) in [6, 6.07) is 10.5. The van der Waals surface area contributed by atoms with Gasteiger partial charge < -0.3 is 10.5 Å². The summed E-state index contributed by atoms with van der Waals surface area (Å²) in [4.78, 5) is 0. The van der Waals surface area contributed by atoms with Gasteiger partial charge in [0.1, 0.15) is 12.4 Å². The largest absolute Gasteiger partial charge is 0.489 e. The van der Waals surface area contributed by atoms with Crippen molar-refractivity contribution in [3.8, 4) is 16.9 Å². The molecule has 2 aromatic rings. The van der Waals surface area contributed by atoms with Crippen molar-refractivity contribution in [1.82, 2.24) is 0 Å². The Bertz CT molecular complexity index is 543. The van der Waals surface area contributed by atoms with Crippen molar-refractivity contribution in [3.63, 3.8) is 0 Å². The van der Waals surface area contributed by atoms with Crippen molar-refractivity contribution in [1.29, 1.82) is 0 Å². The van der Waals surface area contributed by atoms with E-state index in [1.54, 1.807) is 18.2 Å². The topological polar surface area (TPSA) is 35.2 Å². The highest BCUT2D eigenvalue weighted by atomic mass is 19.1. The summed E-state index contributed by atoms with van der Waals surface area (Å²) in [7, 11) is 0. The van der Waals surface area contributed by atoms with E-state index < -0.39 is 5.82 Å². The standard InChI is InChI=1S/C14H13F2NO/c15-12-3-1-2-10(8-12)11-4-5-14(13(16)9-11)18-7-6-17/h1-5,8-9H,6-7,17H2. The Balaban J connectivity index is 2.28. The highest BCUT2D eigenvalue weighted by molar-refractivity contribution is 5.64. The average molecular weight is 249 g/mol. The van der Waals surface area contributed by atoms with Gasteiger partial charge in [-0.1, -0.05) is 18.2 Å². The number of benzene rings is 2. The number of hydrogen-bond acceptors (Lipinski definition) is 2. The third kappa shape index (κ3) is 2.84. The average Bonchev–Trinajstić information content (AvgIpc) is 2.37. The quantitative estimate of drug-likeness (QED) is 0.904. The van der Waals surface area contributed by atoms with E-state index in [9.17, 15) is 8.78 Å². The van der Waals surface area contributed by atoms with Crippen molar-refractivity contribution in [2.45, 2.75) is 0 Å². The van der Waals surface area contributed by atoms with Gasteiger partial charge in [0, 0.05) is 6.54 Å². The molecular formula is C14H13F2NO. The molecule has 0 bridgehead atoms. The van der Waals surface area contributed by atoms with Gasteiger partial charge in [0.15, 0.2) is 11.6 Å². The molecule has 94 valence electrons. The van der Waals surface area contributed by atoms with Crippen LogP contribution in [0.3, 0.4) is 0 Å². The molecule has 0 radical (unpaired) electrons. The Kier molecular flexibility index (Phi) is 3.89. The van der Waals surface area contributed by atoms with Crippen LogP contribution in [-0.2, 0) is 0 Å². The van der Waals surface area contributed by atoms with E-state index in [0.29, 0.717) is 17.7 Å². The lowest BCUT2D eigenvalue weighted by Gasteiger charge is -2.08. The Morgan fingerprint density at radius 1 is 1.00 bits per heavy atom. The van der Waals surface area contributed by atoms with Crippen LogP contribution in [-0.4, -0.2) is 13.2 Å². The molecule has 18 heavy (non-hydrogen) atoms. The van der Waals surface area contributed by atoms with Crippen LogP contribution < -0.4 is 10.5 Å². The van der Waals surface area contributed by atoms with Gasteiger partial charge in [-0.25, -0.2) is 8.78 Å². The Morgan fingerprint density at radius 3 is 2.44 bits per heavy atom. The van der Waals surface area contributed by atoms with Gasteiger partial charge in [0.2, 0.25) is 0 Å². The number of nitrogens with two attached hydrogens (primary N) is 1. The monoisotopic (exact) mass is 249 g/mol. The smallest absolute Gasteiger partial charge is 0.165 e. The summed E-state index contributed by atoms with van der Waals surface area (Å²) < 4.78 is 31.9. The molecular weight excluding hydrogens is 236 g/mol. The molecule has 2 aromatic carbocycles. The van der Waals surface area contributed by atoms with Crippen molar-refractivity contribution >= 4 is 0 Å². The molecule has 0 spiro atoms. The highest BCUT2D eigenvalue weighted by Gasteiger charge is 2.06. The van der Waals surface area contributed by atoms with Crippen LogP contribution in [0.25, 0.3) is 11.1 Å². The molecule has 0 atom stereocenters. The van der Waals surface area contributed by atoms with E-state index in [1.807, 2.05) is 0 Å². The molecule has 0 amide bonds. The first-order valence-corrected chi connectivity index (χ1v) is 5.59. The SMILES string of the molecule is NCCOc1ccc(-c2cccc(F)c2)cc1F. The lowest BCUT2D eigenvalue weighted by Crippen LogP contribution is -2.11. The molecule has 0 aliphatic heterocycles. The predicted octanol–water partition coefficient (Wildman–Crippen LogP) is 2.97. The van der Waals surface area contributed by atoms with E-state index in [1.165, 1.54) is 24.3 Å². The van der Waals surface area contributed by atoms with Gasteiger partial charge >= 0.3 is 0 Å². The fourth-order valence-electron chi connectivity index (χ4n) is 1.63. The summed E-state index contributed by atoms with van der Waals surface area (Å²) in [6.07, 6.45) is 0. The molecule has 4 heteroatoms. The van der Waals surface area contributed by atoms with Crippen LogP contribution in [0.4, 0.5) is 8.78 Å². The lowest BCUT2D eigenvalue weighted by molar-refractivity contribution is 0.311. The molecule has 0 aromatic heterocycles. The molecule has 0 saturated carbocycles. The minimum atomic E-state index is -0.481. The molecule has 0 unspecified atom stereocenters. The molecule has 2 N–H and O–H groups in total. The zero-order valence-corrected chi connectivity index (χ0v) is 9.70. The fourth-order valence-corrected chi connectivity index (χ4v) is 1.63. The second kappa shape index (κ2) is 5.60. The second-order valence-electron chi connectivity index (χ2n) is 3.79. The third-order valence-electron chi connectivity index (χ3n) is 2.47. The maximum atomic E-state index is 13.7. The summed E-state index contributed by atoms with van der Waals surface area (Å²) in [5.41, 5.74) is 6.50. The first-order valence-electron chi connectivity index (χ1n) is 5.59. The van der Waals surface area contributed by atoms with Crippen molar-refractivity contribution in [2.24, 2.45) is 5.73 Å². The molecule has 0 aliphatic carbocycles. The minimum Gasteiger partial charge on any atom is -0.489 e. The normalized spacial score (nSPS) is 10.4. The summed E-state index contributed by atoms with van der Waals surface area (Å²) in [5, 5.41) is 0. The van der Waals surface area contributed by atoms with Crippen molar-refractivity contribution in [3.05, 3.63) is 54.1 Å². The predicted molar refractivity (Wildman–Crippen MR) is 66.3 cm³/mol. The minimum absolute atomic E-state index is 0.153. The van der Waals surface area contributed by atoms with Gasteiger partial charge in [-0.15, -0.1) is 0 Å². The zero-order valence-electron chi connectivity index (χ0n) is 9.70. The van der Waals surface area contributed by atoms with Crippen LogP contribution >= 0.6 is 0 Å². The van der Waals surface area contributed by atoms with Crippen molar-refractivity contribution in [2.75, 3.05) is 13.2 Å². The first-order chi connectivity index (χ1) is 8.70. The van der Waals surface area contributed by atoms with E-state index in [0.717, 1.165) is 0 Å². The molecule has 0 heterocycles. The van der Waals surface area contributed by atoms with Crippen LogP contribution in [0, 0.1) is 11.6 Å². The number of rotatable bonds is 4. The summed E-state index contributed by atoms with van der Waals surface area (Å²) >= 11 is 0. The Labute approximate surface area is 104 Å². The zero-order chi connectivity index (χ0) is 13.0. The van der Waals surface area contributed by atoms with Crippen molar-refractivity contribution < 1.29 is 13.5 Å². The van der Waals surface area contributed by atoms with Gasteiger partial charge in [-0.05, 0) is 35.4 Å². The molecule has 0 aliphatic rings. The molecule has 0 saturated heterocycles. The van der Waals surface area contributed by atoms with Crippen LogP contribution in [0.2, 0.25) is 0 Å². The summed E-state index contributed by atoms with van der Waals surface area (Å²) in [6.45, 7) is 0.585. The molecule has 2 nitrogen and oxygen atoms in total. The number of ether oxygens (including phenoxy) is 1. The maximum absolute atomic E-state index is 13.7. The van der Waals surface area contributed by atoms with E-state index in [4.69, 9.17) is 10.5 Å². The van der Waals surface area contributed by atoms with Gasteiger partial charge in [0.05, 0.1) is 0 Å². The van der Waals surface area contributed by atoms with Crippen LogP contribution in [0.5, 0.6) is 5.75 Å². The lowest BCUT2D eigenvalue weighted by atomic mass is 10.1. The number of halogens is 2. The highest BCUT2D eigenvalue weighted by Crippen LogP contribution is 2.25. The molecule has 0 fully saturated rings. The second-order valence-corrected chi connectivity index (χ2v) is 3.79. The Hall–Kier alpha value is -1.94. The summed E-state index contributed by atoms with van der Waals surface area (Å²) in [5.74, 6) is -0.679. The maximum Gasteiger partial charge on any atom is 0.165 e. The number of hydrogen-bond donors (Lipinski definition) is 1. The fraction of sp³-hybridized carbons (Fsp3) is 0.143. The third-order valence-corrected chi connectivity index (χ3v) is 2.47. The Morgan fingerprint density at radius 2 is 1.78 bits per heavy atom. The van der Waals surface area contributed by atoms with Gasteiger partial charge in [0.25, 0.3) is 0 Å². The molecule has 2 rings (SSSR count). The van der Waals surface area contributed by atoms with Crippen LogP contribution in [0.1, 0.15) is 0 Å². The first kappa shape index (κ1) is 12.5. The van der Waals surface area contributed by atoms with E-state index in [2.05, 4.69) is 0 Å². The van der Waals surface area contributed by atoms with E-state index >= 15 is 0 Å². The van der Waals surface area contributed by atoms with Gasteiger partial charge in [-0.2, -0.15) is 0 Å². The van der Waals surface area contributed by atoms with Gasteiger partial charge in [-0.3, -0.25) is 0 Å². The van der Waals surface area contributed by atoms with Crippen LogP contribution in [0.15, 0.2) is 42.5 Å². The van der Waals surface area contributed by atoms with E-state index in [-0.39, 0.29) is 18.2 Å².